The average Bonchev–Trinajstić information content (AvgIpc) is 2.38. The second-order valence-corrected chi connectivity index (χ2v) is 5.55. The molecule has 70 valence electrons. The Morgan fingerprint density at radius 1 is 1.46 bits per heavy atom. The van der Waals surface area contributed by atoms with Crippen LogP contribution in [0.4, 0.5) is 0 Å². The third kappa shape index (κ3) is 0.685. The van der Waals surface area contributed by atoms with Crippen molar-refractivity contribution in [3.05, 3.63) is 12.2 Å². The number of carbonyl (C=O) groups is 1. The van der Waals surface area contributed by atoms with E-state index in [0.717, 1.165) is 18.8 Å². The molecule has 4 aliphatic carbocycles. The van der Waals surface area contributed by atoms with E-state index in [4.69, 9.17) is 0 Å². The van der Waals surface area contributed by atoms with Crippen molar-refractivity contribution in [2.45, 2.75) is 33.1 Å². The van der Waals surface area contributed by atoms with Gasteiger partial charge < -0.3 is 0 Å². The van der Waals surface area contributed by atoms with Crippen molar-refractivity contribution in [2.75, 3.05) is 0 Å². The van der Waals surface area contributed by atoms with Crippen LogP contribution in [0.25, 0.3) is 0 Å². The van der Waals surface area contributed by atoms with Crippen molar-refractivity contribution in [1.82, 2.24) is 0 Å². The minimum absolute atomic E-state index is 0.00637. The van der Waals surface area contributed by atoms with Gasteiger partial charge in [0.05, 0.1) is 0 Å². The zero-order valence-electron chi connectivity index (χ0n) is 8.34. The molecule has 1 nitrogen and oxygen atoms in total. The maximum absolute atomic E-state index is 12.2. The van der Waals surface area contributed by atoms with Gasteiger partial charge in [0.15, 0.2) is 0 Å². The minimum Gasteiger partial charge on any atom is -0.298 e. The van der Waals surface area contributed by atoms with E-state index in [0.29, 0.717) is 11.7 Å². The van der Waals surface area contributed by atoms with Crippen LogP contribution in [0.15, 0.2) is 12.2 Å². The van der Waals surface area contributed by atoms with Gasteiger partial charge in [0.25, 0.3) is 0 Å². The molecule has 4 aliphatic rings. The summed E-state index contributed by atoms with van der Waals surface area (Å²) in [6.45, 7) is 4.30. The van der Waals surface area contributed by atoms with Crippen molar-refractivity contribution in [1.29, 1.82) is 0 Å². The van der Waals surface area contributed by atoms with E-state index in [9.17, 15) is 4.79 Å². The van der Waals surface area contributed by atoms with E-state index in [1.54, 1.807) is 0 Å². The summed E-state index contributed by atoms with van der Waals surface area (Å²) in [5, 5.41) is 0. The maximum atomic E-state index is 12.2. The average molecular weight is 176 g/mol. The normalized spacial score (nSPS) is 57.5. The predicted octanol–water partition coefficient (Wildman–Crippen LogP) is 2.57. The van der Waals surface area contributed by atoms with E-state index < -0.39 is 0 Å². The summed E-state index contributed by atoms with van der Waals surface area (Å²) >= 11 is 0. The van der Waals surface area contributed by atoms with Crippen LogP contribution >= 0.6 is 0 Å². The van der Waals surface area contributed by atoms with Crippen LogP contribution in [-0.2, 0) is 4.79 Å². The summed E-state index contributed by atoms with van der Waals surface area (Å²) < 4.78 is 0. The molecule has 1 heteroatoms. The monoisotopic (exact) mass is 176 g/mol. The van der Waals surface area contributed by atoms with Gasteiger partial charge in [-0.15, -0.1) is 0 Å². The number of Topliss-reactive ketones (excluding diaryl/α,β-unsaturated/α-hetero) is 1. The van der Waals surface area contributed by atoms with E-state index in [-0.39, 0.29) is 10.8 Å². The third-order valence-electron chi connectivity index (χ3n) is 4.67. The van der Waals surface area contributed by atoms with Crippen LogP contribution in [0.5, 0.6) is 0 Å². The van der Waals surface area contributed by atoms with Gasteiger partial charge in [0, 0.05) is 10.8 Å². The highest BCUT2D eigenvalue weighted by atomic mass is 16.1. The van der Waals surface area contributed by atoms with Crippen molar-refractivity contribution in [3.63, 3.8) is 0 Å². The molecule has 4 unspecified atom stereocenters. The molecule has 0 spiro atoms. The van der Waals surface area contributed by atoms with Gasteiger partial charge >= 0.3 is 0 Å². The molecule has 0 radical (unpaired) electrons. The first-order valence-electron chi connectivity index (χ1n) is 5.31. The largest absolute Gasteiger partial charge is 0.298 e. The minimum atomic E-state index is -0.106. The zero-order chi connectivity index (χ0) is 9.27. The van der Waals surface area contributed by atoms with E-state index in [1.165, 1.54) is 6.42 Å². The molecule has 0 aromatic heterocycles. The zero-order valence-corrected chi connectivity index (χ0v) is 8.34. The second kappa shape index (κ2) is 1.92. The quantitative estimate of drug-likeness (QED) is 0.518. The fourth-order valence-electron chi connectivity index (χ4n) is 3.96. The van der Waals surface area contributed by atoms with Crippen LogP contribution in [-0.4, -0.2) is 5.78 Å². The Morgan fingerprint density at radius 3 is 3.00 bits per heavy atom. The molecular formula is C12H16O. The third-order valence-corrected chi connectivity index (χ3v) is 4.67. The lowest BCUT2D eigenvalue weighted by Gasteiger charge is -2.48. The van der Waals surface area contributed by atoms with Crippen LogP contribution < -0.4 is 0 Å². The smallest absolute Gasteiger partial charge is 0.148 e. The van der Waals surface area contributed by atoms with Gasteiger partial charge in [0.2, 0.25) is 0 Å². The van der Waals surface area contributed by atoms with Crippen LogP contribution in [0, 0.1) is 22.7 Å². The first-order chi connectivity index (χ1) is 6.06. The number of ketones is 1. The van der Waals surface area contributed by atoms with E-state index >= 15 is 0 Å². The van der Waals surface area contributed by atoms with Crippen molar-refractivity contribution < 1.29 is 4.79 Å². The van der Waals surface area contributed by atoms with Gasteiger partial charge in [-0.05, 0) is 38.0 Å². The summed E-state index contributed by atoms with van der Waals surface area (Å²) in [7, 11) is 0. The van der Waals surface area contributed by atoms with Gasteiger partial charge in [0.1, 0.15) is 5.78 Å². The molecule has 0 aromatic rings. The lowest BCUT2D eigenvalue weighted by molar-refractivity contribution is -0.142. The Labute approximate surface area is 79.2 Å². The molecule has 13 heavy (non-hydrogen) atoms. The summed E-state index contributed by atoms with van der Waals surface area (Å²) in [4.78, 5) is 12.2. The first-order valence-corrected chi connectivity index (χ1v) is 5.31. The van der Waals surface area contributed by atoms with Gasteiger partial charge in [-0.2, -0.15) is 0 Å². The Bertz CT molecular complexity index is 317. The Balaban J connectivity index is 2.22. The number of hydrogen-bond acceptors (Lipinski definition) is 1. The molecule has 4 rings (SSSR count). The highest BCUT2D eigenvalue weighted by molar-refractivity contribution is 5.94. The Kier molecular flexibility index (Phi) is 1.15. The lowest BCUT2D eigenvalue weighted by atomic mass is 9.54. The fraction of sp³-hybridized carbons (Fsp3) is 0.750. The molecule has 4 bridgehead atoms. The molecule has 0 aromatic carbocycles. The second-order valence-electron chi connectivity index (χ2n) is 5.55. The van der Waals surface area contributed by atoms with Crippen LogP contribution in [0.1, 0.15) is 33.1 Å². The fourth-order valence-corrected chi connectivity index (χ4v) is 3.96. The van der Waals surface area contributed by atoms with Gasteiger partial charge in [-0.1, -0.05) is 19.1 Å². The van der Waals surface area contributed by atoms with Crippen molar-refractivity contribution >= 4 is 5.78 Å². The Morgan fingerprint density at radius 2 is 2.23 bits per heavy atom. The van der Waals surface area contributed by atoms with E-state index in [2.05, 4.69) is 26.0 Å². The molecule has 2 fully saturated rings. The standard InChI is InChI=1S/C12H16O/c1-11-5-4-9-8(7-11)3-6-12(9,2)10(11)13/h4-5,8-9H,3,6-7H2,1-2H3. The molecule has 4 atom stereocenters. The molecule has 0 heterocycles. The number of allylic oxidation sites excluding steroid dienone is 2. The predicted molar refractivity (Wildman–Crippen MR) is 51.2 cm³/mol. The van der Waals surface area contributed by atoms with Gasteiger partial charge in [-0.25, -0.2) is 0 Å². The van der Waals surface area contributed by atoms with E-state index in [1.807, 2.05) is 0 Å². The molecule has 0 aliphatic heterocycles. The highest BCUT2D eigenvalue weighted by Gasteiger charge is 2.61. The topological polar surface area (TPSA) is 17.1 Å². The lowest BCUT2D eigenvalue weighted by Crippen LogP contribution is -2.50. The number of hydrogen-bond donors (Lipinski definition) is 0. The van der Waals surface area contributed by atoms with Crippen molar-refractivity contribution in [2.24, 2.45) is 22.7 Å². The summed E-state index contributed by atoms with van der Waals surface area (Å²) in [5.41, 5.74) is -0.100. The molecule has 0 saturated heterocycles. The summed E-state index contributed by atoms with van der Waals surface area (Å²) in [6, 6.07) is 0. The SMILES string of the molecule is CC12C=CC3C(CCC3(C)C1=O)C2. The highest BCUT2D eigenvalue weighted by Crippen LogP contribution is 2.62. The van der Waals surface area contributed by atoms with Crippen molar-refractivity contribution in [3.8, 4) is 0 Å². The van der Waals surface area contributed by atoms with Crippen LogP contribution in [0.3, 0.4) is 0 Å². The molecule has 2 saturated carbocycles. The molecule has 0 N–H and O–H groups in total. The summed E-state index contributed by atoms with van der Waals surface area (Å²) in [5.74, 6) is 1.89. The van der Waals surface area contributed by atoms with Gasteiger partial charge in [-0.3, -0.25) is 4.79 Å². The number of rotatable bonds is 0. The molecular weight excluding hydrogens is 160 g/mol. The molecule has 0 amide bonds. The number of carbonyl (C=O) groups excluding carboxylic acids is 1. The summed E-state index contributed by atoms with van der Waals surface area (Å²) in [6.07, 6.45) is 8.00. The maximum Gasteiger partial charge on any atom is 0.148 e. The van der Waals surface area contributed by atoms with Crippen LogP contribution in [0.2, 0.25) is 0 Å². The first kappa shape index (κ1) is 7.78. The Hall–Kier alpha value is -0.590.